The van der Waals surface area contributed by atoms with Crippen LogP contribution in [0.4, 0.5) is 0 Å². The molecule has 0 bridgehead atoms. The molecule has 0 spiro atoms. The van der Waals surface area contributed by atoms with Gasteiger partial charge in [0.15, 0.2) is 5.17 Å². The van der Waals surface area contributed by atoms with Crippen LogP contribution in [0.15, 0.2) is 40.5 Å². The van der Waals surface area contributed by atoms with Gasteiger partial charge in [0.05, 0.1) is 12.1 Å². The molecule has 1 amide bonds. The van der Waals surface area contributed by atoms with Crippen LogP contribution in [0.5, 0.6) is 0 Å². The molecule has 20 heavy (non-hydrogen) atoms. The number of carbonyl (C=O) groups excluding carboxylic acids is 1. The van der Waals surface area contributed by atoms with Crippen LogP contribution >= 0.6 is 11.8 Å². The molecule has 0 saturated carbocycles. The summed E-state index contributed by atoms with van der Waals surface area (Å²) in [6.07, 6.45) is -0.225. The van der Waals surface area contributed by atoms with Gasteiger partial charge in [-0.25, -0.2) is 0 Å². The summed E-state index contributed by atoms with van der Waals surface area (Å²) in [6, 6.07) is 9.53. The molecule has 1 aliphatic heterocycles. The van der Waals surface area contributed by atoms with Gasteiger partial charge < -0.3 is 10.4 Å². The predicted octanol–water partition coefficient (Wildman–Crippen LogP) is 1.47. The first kappa shape index (κ1) is 14.3. The maximum atomic E-state index is 11.5. The fourth-order valence-electron chi connectivity index (χ4n) is 1.60. The predicted molar refractivity (Wildman–Crippen MR) is 77.9 cm³/mol. The first-order valence-electron chi connectivity index (χ1n) is 5.93. The number of thioether (sulfide) groups is 1. The van der Waals surface area contributed by atoms with Crippen molar-refractivity contribution in [3.8, 4) is 0 Å². The highest BCUT2D eigenvalue weighted by atomic mass is 32.2. The molecule has 0 radical (unpaired) electrons. The third-order valence-electron chi connectivity index (χ3n) is 2.62. The van der Waals surface area contributed by atoms with E-state index >= 15 is 0 Å². The number of rotatable bonds is 4. The number of hydrogen-bond acceptors (Lipinski definition) is 5. The van der Waals surface area contributed by atoms with Crippen LogP contribution in [0.1, 0.15) is 18.9 Å². The van der Waals surface area contributed by atoms with Crippen LogP contribution in [0.25, 0.3) is 0 Å². The van der Waals surface area contributed by atoms with Crippen LogP contribution in [-0.2, 0) is 9.59 Å². The first-order valence-corrected chi connectivity index (χ1v) is 6.81. The number of aliphatic carboxylic acids is 1. The van der Waals surface area contributed by atoms with Gasteiger partial charge in [-0.15, -0.1) is 5.10 Å². The third-order valence-corrected chi connectivity index (χ3v) is 3.69. The Morgan fingerprint density at radius 1 is 1.40 bits per heavy atom. The summed E-state index contributed by atoms with van der Waals surface area (Å²) in [6.45, 7) is 1.82. The SMILES string of the molecule is C/C(=N/N=C1/NC(=O)[C@@H](CC(=O)O)S1)c1ccccc1. The highest BCUT2D eigenvalue weighted by Gasteiger charge is 2.32. The molecule has 2 rings (SSSR count). The Kier molecular flexibility index (Phi) is 4.52. The van der Waals surface area contributed by atoms with Crippen LogP contribution in [0.2, 0.25) is 0 Å². The van der Waals surface area contributed by atoms with Gasteiger partial charge in [-0.3, -0.25) is 9.59 Å². The Morgan fingerprint density at radius 3 is 2.75 bits per heavy atom. The first-order chi connectivity index (χ1) is 9.56. The van der Waals surface area contributed by atoms with Gasteiger partial charge in [0.2, 0.25) is 5.91 Å². The van der Waals surface area contributed by atoms with Crippen LogP contribution < -0.4 is 5.32 Å². The largest absolute Gasteiger partial charge is 0.481 e. The van der Waals surface area contributed by atoms with Crippen molar-refractivity contribution in [2.75, 3.05) is 0 Å². The lowest BCUT2D eigenvalue weighted by Crippen LogP contribution is -2.26. The normalized spacial score (nSPS) is 21.1. The zero-order valence-corrected chi connectivity index (χ0v) is 11.6. The maximum Gasteiger partial charge on any atom is 0.305 e. The average molecular weight is 291 g/mol. The number of amidine groups is 1. The molecule has 1 aromatic rings. The van der Waals surface area contributed by atoms with Crippen LogP contribution in [-0.4, -0.2) is 33.1 Å². The van der Waals surface area contributed by atoms with E-state index in [1.807, 2.05) is 37.3 Å². The molecule has 6 nitrogen and oxygen atoms in total. The lowest BCUT2D eigenvalue weighted by Gasteiger charge is -1.98. The summed E-state index contributed by atoms with van der Waals surface area (Å²) in [5.41, 5.74) is 1.66. The monoisotopic (exact) mass is 291 g/mol. The van der Waals surface area contributed by atoms with Crippen molar-refractivity contribution < 1.29 is 14.7 Å². The molecule has 1 fully saturated rings. The van der Waals surface area contributed by atoms with Crippen molar-refractivity contribution >= 4 is 34.5 Å². The number of amides is 1. The highest BCUT2D eigenvalue weighted by molar-refractivity contribution is 8.15. The quantitative estimate of drug-likeness (QED) is 0.649. The summed E-state index contributed by atoms with van der Waals surface area (Å²) in [5.74, 6) is -1.36. The van der Waals surface area contributed by atoms with Crippen molar-refractivity contribution in [2.24, 2.45) is 10.2 Å². The van der Waals surface area contributed by atoms with Crippen molar-refractivity contribution in [1.82, 2.24) is 5.32 Å². The minimum atomic E-state index is -1.01. The topological polar surface area (TPSA) is 91.1 Å². The van der Waals surface area contributed by atoms with Crippen molar-refractivity contribution in [3.05, 3.63) is 35.9 Å². The molecule has 2 N–H and O–H groups in total. The fraction of sp³-hybridized carbons (Fsp3) is 0.231. The van der Waals surface area contributed by atoms with E-state index < -0.39 is 11.2 Å². The maximum absolute atomic E-state index is 11.5. The molecular formula is C13H13N3O3S. The van der Waals surface area contributed by atoms with E-state index in [-0.39, 0.29) is 12.3 Å². The van der Waals surface area contributed by atoms with Gasteiger partial charge in [0.25, 0.3) is 0 Å². The smallest absolute Gasteiger partial charge is 0.305 e. The minimum absolute atomic E-state index is 0.225. The summed E-state index contributed by atoms with van der Waals surface area (Å²) in [5, 5.41) is 18.9. The second kappa shape index (κ2) is 6.33. The van der Waals surface area contributed by atoms with Gasteiger partial charge in [-0.2, -0.15) is 5.10 Å². The summed E-state index contributed by atoms with van der Waals surface area (Å²) < 4.78 is 0. The number of carboxylic acids is 1. The van der Waals surface area contributed by atoms with Crippen molar-refractivity contribution in [2.45, 2.75) is 18.6 Å². The molecule has 104 valence electrons. The van der Waals surface area contributed by atoms with E-state index in [0.29, 0.717) is 5.17 Å². The second-order valence-electron chi connectivity index (χ2n) is 4.15. The fourth-order valence-corrected chi connectivity index (χ4v) is 2.51. The van der Waals surface area contributed by atoms with E-state index in [9.17, 15) is 9.59 Å². The molecule has 1 aromatic carbocycles. The number of hydrogen-bond donors (Lipinski definition) is 2. The Hall–Kier alpha value is -2.15. The Labute approximate surface area is 120 Å². The lowest BCUT2D eigenvalue weighted by molar-refractivity contribution is -0.138. The Bertz CT molecular complexity index is 584. The van der Waals surface area contributed by atoms with Gasteiger partial charge >= 0.3 is 5.97 Å². The highest BCUT2D eigenvalue weighted by Crippen LogP contribution is 2.22. The van der Waals surface area contributed by atoms with E-state index in [4.69, 9.17) is 5.11 Å². The number of nitrogens with one attached hydrogen (secondary N) is 1. The lowest BCUT2D eigenvalue weighted by atomic mass is 10.1. The van der Waals surface area contributed by atoms with Crippen LogP contribution in [0.3, 0.4) is 0 Å². The molecule has 1 atom stereocenters. The van der Waals surface area contributed by atoms with Gasteiger partial charge in [0.1, 0.15) is 5.25 Å². The number of carbonyl (C=O) groups is 2. The average Bonchev–Trinajstić information content (AvgIpc) is 2.77. The molecule has 0 aromatic heterocycles. The summed E-state index contributed by atoms with van der Waals surface area (Å²) >= 11 is 1.09. The van der Waals surface area contributed by atoms with Crippen LogP contribution in [0, 0.1) is 0 Å². The van der Waals surface area contributed by atoms with Gasteiger partial charge in [-0.1, -0.05) is 42.1 Å². The van der Waals surface area contributed by atoms with E-state index in [1.54, 1.807) is 0 Å². The van der Waals surface area contributed by atoms with Gasteiger partial charge in [0, 0.05) is 0 Å². The summed E-state index contributed by atoms with van der Waals surface area (Å²) in [7, 11) is 0. The third kappa shape index (κ3) is 3.67. The van der Waals surface area contributed by atoms with Gasteiger partial charge in [-0.05, 0) is 12.5 Å². The number of benzene rings is 1. The Morgan fingerprint density at radius 2 is 2.10 bits per heavy atom. The minimum Gasteiger partial charge on any atom is -0.481 e. The van der Waals surface area contributed by atoms with E-state index in [0.717, 1.165) is 23.0 Å². The van der Waals surface area contributed by atoms with Crippen molar-refractivity contribution in [1.29, 1.82) is 0 Å². The summed E-state index contributed by atoms with van der Waals surface area (Å²) in [4.78, 5) is 22.1. The van der Waals surface area contributed by atoms with Crippen molar-refractivity contribution in [3.63, 3.8) is 0 Å². The second-order valence-corrected chi connectivity index (χ2v) is 5.34. The zero-order valence-electron chi connectivity index (χ0n) is 10.7. The van der Waals surface area contributed by atoms with E-state index in [1.165, 1.54) is 0 Å². The molecule has 1 aliphatic rings. The number of carboxylic acid groups (broad SMARTS) is 1. The Balaban J connectivity index is 2.06. The molecule has 1 heterocycles. The zero-order chi connectivity index (χ0) is 14.5. The molecule has 1 saturated heterocycles. The molecule has 7 heteroatoms. The molecular weight excluding hydrogens is 278 g/mol. The molecule has 0 aliphatic carbocycles. The molecule has 0 unspecified atom stereocenters. The number of nitrogens with zero attached hydrogens (tertiary/aromatic N) is 2. The standard InChI is InChI=1S/C13H13N3O3S/c1-8(9-5-3-2-4-6-9)15-16-13-14-12(19)10(20-13)7-11(17)18/h2-6,10H,7H2,1H3,(H,17,18)(H,14,16,19)/b15-8-/t10-/m1/s1. The van der Waals surface area contributed by atoms with E-state index in [2.05, 4.69) is 15.5 Å².